The third-order valence-electron chi connectivity index (χ3n) is 5.20. The average molecular weight is 414 g/mol. The molecule has 152 valence electrons. The lowest BCUT2D eigenvalue weighted by molar-refractivity contribution is -0.207. The van der Waals surface area contributed by atoms with Gasteiger partial charge in [-0.25, -0.2) is 4.79 Å². The molecule has 0 aromatic carbocycles. The Balaban J connectivity index is 1.81. The monoisotopic (exact) mass is 414 g/mol. The summed E-state index contributed by atoms with van der Waals surface area (Å²) < 4.78 is 31.5. The van der Waals surface area contributed by atoms with Gasteiger partial charge in [0.2, 0.25) is 0 Å². The van der Waals surface area contributed by atoms with Crippen molar-refractivity contribution in [1.82, 2.24) is 9.96 Å². The molecular weight excluding hydrogens is 396 g/mol. The average Bonchev–Trinajstić information content (AvgIpc) is 3.09. The lowest BCUT2D eigenvalue weighted by atomic mass is 9.73. The maximum atomic E-state index is 12.9. The molecule has 28 heavy (non-hydrogen) atoms. The number of hydroxylamine groups is 2. The van der Waals surface area contributed by atoms with Crippen molar-refractivity contribution in [3.05, 3.63) is 12.2 Å². The van der Waals surface area contributed by atoms with Crippen LogP contribution in [0.2, 0.25) is 0 Å². The van der Waals surface area contributed by atoms with E-state index in [2.05, 4.69) is 0 Å². The highest BCUT2D eigenvalue weighted by atomic mass is 32.2. The number of carbonyl (C=O) groups is 5. The molecule has 1 saturated carbocycles. The highest BCUT2D eigenvalue weighted by molar-refractivity contribution is 7.87. The van der Waals surface area contributed by atoms with Crippen LogP contribution in [-0.2, 0) is 38.9 Å². The standard InChI is InChI=1S/C16H18N2O9S/c19-11-4-5-12(20)17(11)9-16(6-2-1-3-7-16)15(23)27-18-13(21)8-10(14(18)22)28(24,25)26/h4-5,10H,1-3,6-9H2,(H,24,25,26). The Hall–Kier alpha value is -2.60. The molecule has 1 atom stereocenters. The summed E-state index contributed by atoms with van der Waals surface area (Å²) in [7, 11) is -4.84. The summed E-state index contributed by atoms with van der Waals surface area (Å²) >= 11 is 0. The minimum absolute atomic E-state index is 0.0446. The van der Waals surface area contributed by atoms with Crippen molar-refractivity contribution >= 4 is 39.7 Å². The summed E-state index contributed by atoms with van der Waals surface area (Å²) in [6.07, 6.45) is 3.87. The summed E-state index contributed by atoms with van der Waals surface area (Å²) in [6.45, 7) is -0.269. The fourth-order valence-electron chi connectivity index (χ4n) is 3.64. The van der Waals surface area contributed by atoms with E-state index in [4.69, 9.17) is 9.39 Å². The summed E-state index contributed by atoms with van der Waals surface area (Å²) in [6, 6.07) is 0. The highest BCUT2D eigenvalue weighted by Gasteiger charge is 2.52. The summed E-state index contributed by atoms with van der Waals surface area (Å²) in [5.74, 6) is -4.61. The lowest BCUT2D eigenvalue weighted by Gasteiger charge is -2.37. The van der Waals surface area contributed by atoms with Crippen molar-refractivity contribution < 1.29 is 41.8 Å². The van der Waals surface area contributed by atoms with Crippen LogP contribution in [0.4, 0.5) is 0 Å². The summed E-state index contributed by atoms with van der Waals surface area (Å²) in [5, 5.41) is -1.98. The lowest BCUT2D eigenvalue weighted by Crippen LogP contribution is -2.50. The SMILES string of the molecule is O=C1C=CC(=O)N1CC1(C(=O)ON2C(=O)CC(S(=O)(=O)O)C2=O)CCCCC1. The number of amides is 4. The number of rotatable bonds is 5. The van der Waals surface area contributed by atoms with E-state index in [1.54, 1.807) is 0 Å². The van der Waals surface area contributed by atoms with Gasteiger partial charge < -0.3 is 4.84 Å². The molecule has 0 bridgehead atoms. The molecule has 2 fully saturated rings. The van der Waals surface area contributed by atoms with Gasteiger partial charge in [-0.1, -0.05) is 19.3 Å². The Morgan fingerprint density at radius 2 is 1.68 bits per heavy atom. The molecule has 11 nitrogen and oxygen atoms in total. The molecule has 3 rings (SSSR count). The molecule has 0 spiro atoms. The molecule has 1 unspecified atom stereocenters. The van der Waals surface area contributed by atoms with Crippen LogP contribution in [-0.4, -0.2) is 64.3 Å². The number of carbonyl (C=O) groups excluding carboxylic acids is 5. The Morgan fingerprint density at radius 3 is 2.18 bits per heavy atom. The molecule has 0 aromatic rings. The van der Waals surface area contributed by atoms with Gasteiger partial charge in [0.15, 0.2) is 5.25 Å². The van der Waals surface area contributed by atoms with Crippen molar-refractivity contribution in [2.24, 2.45) is 5.41 Å². The van der Waals surface area contributed by atoms with Gasteiger partial charge in [0.1, 0.15) is 0 Å². The van der Waals surface area contributed by atoms with E-state index in [1.807, 2.05) is 0 Å². The molecule has 3 aliphatic rings. The van der Waals surface area contributed by atoms with Crippen LogP contribution in [0.3, 0.4) is 0 Å². The van der Waals surface area contributed by atoms with E-state index >= 15 is 0 Å². The number of hydrogen-bond acceptors (Lipinski definition) is 8. The first kappa shape index (κ1) is 20.1. The molecule has 2 heterocycles. The predicted octanol–water partition coefficient (Wildman–Crippen LogP) is -0.665. The van der Waals surface area contributed by atoms with E-state index in [0.29, 0.717) is 12.8 Å². The minimum Gasteiger partial charge on any atom is -0.330 e. The third-order valence-corrected chi connectivity index (χ3v) is 6.29. The van der Waals surface area contributed by atoms with Gasteiger partial charge >= 0.3 is 5.97 Å². The second kappa shape index (κ2) is 7.09. The van der Waals surface area contributed by atoms with E-state index in [9.17, 15) is 32.4 Å². The molecule has 0 aromatic heterocycles. The van der Waals surface area contributed by atoms with Gasteiger partial charge in [0, 0.05) is 18.7 Å². The second-order valence-corrected chi connectivity index (χ2v) is 8.65. The summed E-state index contributed by atoms with van der Waals surface area (Å²) in [5.41, 5.74) is -1.31. The van der Waals surface area contributed by atoms with Crippen LogP contribution < -0.4 is 0 Å². The first-order valence-electron chi connectivity index (χ1n) is 8.64. The zero-order valence-electron chi connectivity index (χ0n) is 14.7. The van der Waals surface area contributed by atoms with Crippen LogP contribution in [0.5, 0.6) is 0 Å². The minimum atomic E-state index is -4.84. The zero-order valence-corrected chi connectivity index (χ0v) is 15.5. The smallest absolute Gasteiger partial charge is 0.330 e. The van der Waals surface area contributed by atoms with Crippen LogP contribution in [0.15, 0.2) is 12.2 Å². The van der Waals surface area contributed by atoms with Crippen LogP contribution in [0.1, 0.15) is 38.5 Å². The van der Waals surface area contributed by atoms with Crippen molar-refractivity contribution in [1.29, 1.82) is 0 Å². The molecule has 2 aliphatic heterocycles. The van der Waals surface area contributed by atoms with Crippen molar-refractivity contribution in [3.63, 3.8) is 0 Å². The van der Waals surface area contributed by atoms with Crippen molar-refractivity contribution in [2.45, 2.75) is 43.8 Å². The van der Waals surface area contributed by atoms with Crippen LogP contribution in [0, 0.1) is 5.41 Å². The molecule has 0 radical (unpaired) electrons. The van der Waals surface area contributed by atoms with E-state index < -0.39 is 56.8 Å². The van der Waals surface area contributed by atoms with E-state index in [-0.39, 0.29) is 24.4 Å². The maximum absolute atomic E-state index is 12.9. The normalized spacial score (nSPS) is 25.0. The van der Waals surface area contributed by atoms with E-state index in [0.717, 1.165) is 23.5 Å². The van der Waals surface area contributed by atoms with Gasteiger partial charge in [-0.2, -0.15) is 8.42 Å². The van der Waals surface area contributed by atoms with Crippen LogP contribution in [0.25, 0.3) is 0 Å². The third kappa shape index (κ3) is 3.56. The first-order valence-corrected chi connectivity index (χ1v) is 10.1. The largest absolute Gasteiger partial charge is 0.341 e. The quantitative estimate of drug-likeness (QED) is 0.455. The maximum Gasteiger partial charge on any atom is 0.341 e. The molecule has 1 aliphatic carbocycles. The van der Waals surface area contributed by atoms with Gasteiger partial charge in [-0.3, -0.25) is 28.6 Å². The molecular formula is C16H18N2O9S. The molecule has 4 amide bonds. The fourth-order valence-corrected chi connectivity index (χ4v) is 4.34. The van der Waals surface area contributed by atoms with Gasteiger partial charge in [0.25, 0.3) is 33.7 Å². The molecule has 1 saturated heterocycles. The Labute approximate surface area is 160 Å². The van der Waals surface area contributed by atoms with Crippen molar-refractivity contribution in [3.8, 4) is 0 Å². The predicted molar refractivity (Wildman–Crippen MR) is 89.3 cm³/mol. The number of imide groups is 2. The second-order valence-electron chi connectivity index (χ2n) is 7.05. The fraction of sp³-hybridized carbons (Fsp3) is 0.562. The zero-order chi connectivity index (χ0) is 20.7. The first-order chi connectivity index (χ1) is 13.0. The molecule has 1 N–H and O–H groups in total. The van der Waals surface area contributed by atoms with Gasteiger partial charge in [0.05, 0.1) is 11.8 Å². The Morgan fingerprint density at radius 1 is 1.11 bits per heavy atom. The van der Waals surface area contributed by atoms with Crippen LogP contribution >= 0.6 is 0 Å². The topological polar surface area (TPSA) is 155 Å². The van der Waals surface area contributed by atoms with Gasteiger partial charge in [-0.05, 0) is 12.8 Å². The number of hydrogen-bond donors (Lipinski definition) is 1. The Kier molecular flexibility index (Phi) is 5.10. The molecule has 12 heteroatoms. The van der Waals surface area contributed by atoms with Gasteiger partial charge in [-0.15, -0.1) is 5.06 Å². The number of nitrogens with zero attached hydrogens (tertiary/aromatic N) is 2. The van der Waals surface area contributed by atoms with Crippen molar-refractivity contribution in [2.75, 3.05) is 6.54 Å². The highest BCUT2D eigenvalue weighted by Crippen LogP contribution is 2.39. The van der Waals surface area contributed by atoms with E-state index in [1.165, 1.54) is 0 Å². The Bertz CT molecular complexity index is 868. The summed E-state index contributed by atoms with van der Waals surface area (Å²) in [4.78, 5) is 66.5.